The molecule has 1 aliphatic rings. The van der Waals surface area contributed by atoms with Gasteiger partial charge in [0.25, 0.3) is 0 Å². The first-order valence-corrected chi connectivity index (χ1v) is 4.37. The van der Waals surface area contributed by atoms with Crippen molar-refractivity contribution in [2.24, 2.45) is 0 Å². The van der Waals surface area contributed by atoms with E-state index >= 15 is 0 Å². The summed E-state index contributed by atoms with van der Waals surface area (Å²) in [6.45, 7) is 0.791. The smallest absolute Gasteiger partial charge is 0.129 e. The number of halogens is 2. The van der Waals surface area contributed by atoms with E-state index in [0.717, 1.165) is 16.6 Å². The highest BCUT2D eigenvalue weighted by Crippen LogP contribution is 2.35. The molecule has 1 atom stereocenters. The van der Waals surface area contributed by atoms with E-state index in [0.29, 0.717) is 5.15 Å². The molecular formula is C7H5BrClNO. The van der Waals surface area contributed by atoms with Crippen molar-refractivity contribution in [2.45, 2.75) is 6.10 Å². The van der Waals surface area contributed by atoms with E-state index in [9.17, 15) is 0 Å². The molecule has 2 rings (SSSR count). The van der Waals surface area contributed by atoms with Crippen LogP contribution in [0.5, 0.6) is 0 Å². The first kappa shape index (κ1) is 7.53. The fourth-order valence-electron chi connectivity index (χ4n) is 0.902. The lowest BCUT2D eigenvalue weighted by Gasteiger charge is -1.98. The summed E-state index contributed by atoms with van der Waals surface area (Å²) in [6.07, 6.45) is 1.92. The van der Waals surface area contributed by atoms with Crippen molar-refractivity contribution in [1.82, 2.24) is 4.98 Å². The maximum atomic E-state index is 5.70. The zero-order chi connectivity index (χ0) is 7.84. The van der Waals surface area contributed by atoms with Crippen LogP contribution in [0.2, 0.25) is 5.15 Å². The van der Waals surface area contributed by atoms with E-state index in [-0.39, 0.29) is 6.10 Å². The predicted octanol–water partition coefficient (Wildman–Crippen LogP) is 2.57. The largest absolute Gasteiger partial charge is 0.368 e. The van der Waals surface area contributed by atoms with Gasteiger partial charge in [-0.15, -0.1) is 0 Å². The molecule has 1 aliphatic heterocycles. The van der Waals surface area contributed by atoms with E-state index in [1.165, 1.54) is 0 Å². The fraction of sp³-hybridized carbons (Fsp3) is 0.286. The molecule has 1 aromatic rings. The molecule has 2 heterocycles. The van der Waals surface area contributed by atoms with Crippen LogP contribution in [0.3, 0.4) is 0 Å². The van der Waals surface area contributed by atoms with Crippen molar-refractivity contribution in [3.63, 3.8) is 0 Å². The summed E-state index contributed by atoms with van der Waals surface area (Å²) in [6, 6.07) is 1.82. The van der Waals surface area contributed by atoms with E-state index in [1.54, 1.807) is 6.20 Å². The lowest BCUT2D eigenvalue weighted by atomic mass is 10.2. The van der Waals surface area contributed by atoms with Crippen molar-refractivity contribution >= 4 is 27.5 Å². The van der Waals surface area contributed by atoms with Gasteiger partial charge < -0.3 is 4.74 Å². The minimum Gasteiger partial charge on any atom is -0.368 e. The number of epoxide rings is 1. The topological polar surface area (TPSA) is 25.4 Å². The number of hydrogen-bond donors (Lipinski definition) is 0. The maximum Gasteiger partial charge on any atom is 0.129 e. The van der Waals surface area contributed by atoms with E-state index < -0.39 is 0 Å². The zero-order valence-corrected chi connectivity index (χ0v) is 7.89. The summed E-state index contributed by atoms with van der Waals surface area (Å²) < 4.78 is 6.08. The number of ether oxygens (including phenoxy) is 1. The zero-order valence-electron chi connectivity index (χ0n) is 5.55. The van der Waals surface area contributed by atoms with Crippen LogP contribution in [0, 0.1) is 0 Å². The second kappa shape index (κ2) is 2.73. The Hall–Kier alpha value is -0.120. The molecule has 0 unspecified atom stereocenters. The SMILES string of the molecule is Clc1cc([C@H]2CO2)c(Br)cn1. The van der Waals surface area contributed by atoms with Crippen LogP contribution in [0.4, 0.5) is 0 Å². The van der Waals surface area contributed by atoms with Crippen LogP contribution >= 0.6 is 27.5 Å². The van der Waals surface area contributed by atoms with Crippen LogP contribution in [0.1, 0.15) is 11.7 Å². The molecule has 0 amide bonds. The maximum absolute atomic E-state index is 5.70. The van der Waals surface area contributed by atoms with Crippen LogP contribution in [-0.4, -0.2) is 11.6 Å². The average molecular weight is 234 g/mol. The summed E-state index contributed by atoms with van der Waals surface area (Å²) >= 11 is 9.07. The van der Waals surface area contributed by atoms with Crippen LogP contribution < -0.4 is 0 Å². The van der Waals surface area contributed by atoms with Crippen molar-refractivity contribution in [3.05, 3.63) is 27.5 Å². The number of nitrogens with zero attached hydrogens (tertiary/aromatic N) is 1. The van der Waals surface area contributed by atoms with E-state index in [1.807, 2.05) is 6.07 Å². The highest BCUT2D eigenvalue weighted by molar-refractivity contribution is 9.10. The van der Waals surface area contributed by atoms with Gasteiger partial charge in [-0.25, -0.2) is 4.98 Å². The van der Waals surface area contributed by atoms with Crippen LogP contribution in [-0.2, 0) is 4.74 Å². The van der Waals surface area contributed by atoms with Crippen LogP contribution in [0.15, 0.2) is 16.7 Å². The van der Waals surface area contributed by atoms with Crippen LogP contribution in [0.25, 0.3) is 0 Å². The molecule has 2 nitrogen and oxygen atoms in total. The Kier molecular flexibility index (Phi) is 1.87. The molecule has 4 heteroatoms. The number of hydrogen-bond acceptors (Lipinski definition) is 2. The minimum atomic E-state index is 0.227. The molecule has 0 saturated carbocycles. The fourth-order valence-corrected chi connectivity index (χ4v) is 1.54. The van der Waals surface area contributed by atoms with Gasteiger partial charge in [-0.2, -0.15) is 0 Å². The third kappa shape index (κ3) is 1.55. The second-order valence-corrected chi connectivity index (χ2v) is 3.59. The molecule has 1 saturated heterocycles. The molecule has 0 aromatic carbocycles. The predicted molar refractivity (Wildman–Crippen MR) is 45.6 cm³/mol. The molecule has 11 heavy (non-hydrogen) atoms. The summed E-state index contributed by atoms with van der Waals surface area (Å²) in [7, 11) is 0. The third-order valence-corrected chi connectivity index (χ3v) is 2.40. The van der Waals surface area contributed by atoms with Crippen molar-refractivity contribution in [2.75, 3.05) is 6.61 Å². The summed E-state index contributed by atoms with van der Waals surface area (Å²) in [5, 5.41) is 0.513. The van der Waals surface area contributed by atoms with Gasteiger partial charge in [-0.05, 0) is 22.0 Å². The minimum absolute atomic E-state index is 0.227. The van der Waals surface area contributed by atoms with Crippen molar-refractivity contribution in [3.8, 4) is 0 Å². The third-order valence-electron chi connectivity index (χ3n) is 1.53. The lowest BCUT2D eigenvalue weighted by Crippen LogP contribution is -1.85. The first-order valence-electron chi connectivity index (χ1n) is 3.20. The molecule has 1 fully saturated rings. The average Bonchev–Trinajstić information content (AvgIpc) is 2.76. The second-order valence-electron chi connectivity index (χ2n) is 2.35. The Bertz CT molecular complexity index is 288. The summed E-state index contributed by atoms with van der Waals surface area (Å²) in [5.41, 5.74) is 1.09. The highest BCUT2D eigenvalue weighted by Gasteiger charge is 2.27. The standard InChI is InChI=1S/C7H5BrClNO/c8-5-2-10-7(9)1-4(5)6-3-11-6/h1-2,6H,3H2/t6-/m1/s1. The summed E-state index contributed by atoms with van der Waals surface area (Å²) in [4.78, 5) is 3.91. The Balaban J connectivity index is 2.42. The van der Waals surface area contributed by atoms with Gasteiger partial charge in [0.2, 0.25) is 0 Å². The lowest BCUT2D eigenvalue weighted by molar-refractivity contribution is 0.415. The highest BCUT2D eigenvalue weighted by atomic mass is 79.9. The molecule has 0 spiro atoms. The van der Waals surface area contributed by atoms with Crippen molar-refractivity contribution < 1.29 is 4.74 Å². The molecule has 0 N–H and O–H groups in total. The van der Waals surface area contributed by atoms with Gasteiger partial charge in [-0.1, -0.05) is 11.6 Å². The number of rotatable bonds is 1. The van der Waals surface area contributed by atoms with Gasteiger partial charge in [0, 0.05) is 16.2 Å². The Morgan fingerprint density at radius 1 is 1.73 bits per heavy atom. The Labute approximate surface area is 77.7 Å². The molecule has 58 valence electrons. The molecule has 1 aromatic heterocycles. The van der Waals surface area contributed by atoms with Crippen molar-refractivity contribution in [1.29, 1.82) is 0 Å². The van der Waals surface area contributed by atoms with Gasteiger partial charge in [0.05, 0.1) is 6.61 Å². The molecule has 0 bridgehead atoms. The molecular weight excluding hydrogens is 229 g/mol. The number of aromatic nitrogens is 1. The van der Waals surface area contributed by atoms with E-state index in [4.69, 9.17) is 16.3 Å². The van der Waals surface area contributed by atoms with E-state index in [2.05, 4.69) is 20.9 Å². The normalized spacial score (nSPS) is 21.8. The Morgan fingerprint density at radius 2 is 2.45 bits per heavy atom. The van der Waals surface area contributed by atoms with Gasteiger partial charge in [0.15, 0.2) is 0 Å². The quantitative estimate of drug-likeness (QED) is 0.551. The summed E-state index contributed by atoms with van der Waals surface area (Å²) in [5.74, 6) is 0. The molecule has 0 aliphatic carbocycles. The van der Waals surface area contributed by atoms with Gasteiger partial charge in [0.1, 0.15) is 11.3 Å². The monoisotopic (exact) mass is 233 g/mol. The van der Waals surface area contributed by atoms with Gasteiger partial charge >= 0.3 is 0 Å². The Morgan fingerprint density at radius 3 is 3.09 bits per heavy atom. The first-order chi connectivity index (χ1) is 5.27. The number of pyridine rings is 1. The van der Waals surface area contributed by atoms with Gasteiger partial charge in [-0.3, -0.25) is 0 Å². The molecule has 0 radical (unpaired) electrons.